The number of carbonyl (C=O) groups is 2. The fourth-order valence-electron chi connectivity index (χ4n) is 1.59. The van der Waals surface area contributed by atoms with E-state index in [2.05, 4.69) is 5.10 Å². The van der Waals surface area contributed by atoms with Crippen molar-refractivity contribution in [3.8, 4) is 0 Å². The maximum atomic E-state index is 11.5. The van der Waals surface area contributed by atoms with E-state index < -0.39 is 5.97 Å². The van der Waals surface area contributed by atoms with Crippen LogP contribution in [0.4, 0.5) is 0 Å². The summed E-state index contributed by atoms with van der Waals surface area (Å²) in [5, 5.41) is 5.38. The van der Waals surface area contributed by atoms with Crippen molar-refractivity contribution >= 4 is 17.6 Å². The van der Waals surface area contributed by atoms with E-state index in [9.17, 15) is 9.59 Å². The first-order chi connectivity index (χ1) is 7.20. The van der Waals surface area contributed by atoms with E-state index in [-0.39, 0.29) is 12.5 Å². The predicted octanol–water partition coefficient (Wildman–Crippen LogP) is 0.548. The molecule has 1 fully saturated rings. The van der Waals surface area contributed by atoms with E-state index in [0.29, 0.717) is 18.9 Å². The lowest BCUT2D eigenvalue weighted by molar-refractivity contribution is -0.148. The highest BCUT2D eigenvalue weighted by Crippen LogP contribution is 2.34. The minimum Gasteiger partial charge on any atom is -0.465 e. The zero-order valence-electron chi connectivity index (χ0n) is 8.73. The number of ether oxygens (including phenoxy) is 1. The molecule has 82 valence electrons. The van der Waals surface area contributed by atoms with Gasteiger partial charge in [0.05, 0.1) is 18.7 Å². The number of hydrogen-bond donors (Lipinski definition) is 0. The summed E-state index contributed by atoms with van der Waals surface area (Å²) in [5.74, 6) is -0.00209. The van der Waals surface area contributed by atoms with Crippen molar-refractivity contribution in [1.29, 1.82) is 0 Å². The zero-order chi connectivity index (χ0) is 10.8. The van der Waals surface area contributed by atoms with Crippen LogP contribution in [0, 0.1) is 5.92 Å². The van der Waals surface area contributed by atoms with Gasteiger partial charge in [0, 0.05) is 0 Å². The Balaban J connectivity index is 1.91. The number of hydrazone groups is 1. The Hall–Kier alpha value is -1.39. The SMILES string of the molecule is CCOC(=O)CN1N=C(C2CC2)CC1=O. The summed E-state index contributed by atoms with van der Waals surface area (Å²) in [6, 6.07) is 0. The molecule has 1 amide bonds. The van der Waals surface area contributed by atoms with Crippen molar-refractivity contribution in [3.63, 3.8) is 0 Å². The monoisotopic (exact) mass is 210 g/mol. The van der Waals surface area contributed by atoms with Gasteiger partial charge < -0.3 is 4.74 Å². The number of carbonyl (C=O) groups excluding carboxylic acids is 2. The van der Waals surface area contributed by atoms with Crippen molar-refractivity contribution in [2.75, 3.05) is 13.2 Å². The average molecular weight is 210 g/mol. The fraction of sp³-hybridized carbons (Fsp3) is 0.700. The summed E-state index contributed by atoms with van der Waals surface area (Å²) in [6.45, 7) is 2.02. The molecule has 0 radical (unpaired) electrons. The molecule has 1 heterocycles. The van der Waals surface area contributed by atoms with Gasteiger partial charge in [0.25, 0.3) is 0 Å². The molecule has 15 heavy (non-hydrogen) atoms. The summed E-state index contributed by atoms with van der Waals surface area (Å²) >= 11 is 0. The third-order valence-corrected chi connectivity index (χ3v) is 2.50. The van der Waals surface area contributed by atoms with Crippen LogP contribution in [0.15, 0.2) is 5.10 Å². The van der Waals surface area contributed by atoms with Gasteiger partial charge in [0.15, 0.2) is 0 Å². The van der Waals surface area contributed by atoms with Gasteiger partial charge in [-0.3, -0.25) is 9.59 Å². The molecule has 0 aromatic heterocycles. The second-order valence-electron chi connectivity index (χ2n) is 3.80. The molecule has 0 N–H and O–H groups in total. The first-order valence-corrected chi connectivity index (χ1v) is 5.24. The number of rotatable bonds is 4. The van der Waals surface area contributed by atoms with Gasteiger partial charge in [0.2, 0.25) is 5.91 Å². The fourth-order valence-corrected chi connectivity index (χ4v) is 1.59. The quantitative estimate of drug-likeness (QED) is 0.636. The average Bonchev–Trinajstić information content (AvgIpc) is 2.94. The third-order valence-electron chi connectivity index (χ3n) is 2.50. The van der Waals surface area contributed by atoms with E-state index in [4.69, 9.17) is 4.74 Å². The molecule has 1 saturated carbocycles. The van der Waals surface area contributed by atoms with Crippen LogP contribution in [0.25, 0.3) is 0 Å². The molecule has 2 aliphatic rings. The molecule has 1 aliphatic carbocycles. The number of amides is 1. The van der Waals surface area contributed by atoms with Crippen molar-refractivity contribution in [2.45, 2.75) is 26.2 Å². The predicted molar refractivity (Wildman–Crippen MR) is 53.1 cm³/mol. The van der Waals surface area contributed by atoms with Gasteiger partial charge in [-0.25, -0.2) is 5.01 Å². The van der Waals surface area contributed by atoms with Crippen LogP contribution < -0.4 is 0 Å². The first-order valence-electron chi connectivity index (χ1n) is 5.24. The van der Waals surface area contributed by atoms with Crippen LogP contribution in [0.5, 0.6) is 0 Å². The number of hydrogen-bond acceptors (Lipinski definition) is 4. The summed E-state index contributed by atoms with van der Waals surface area (Å²) in [4.78, 5) is 22.6. The Kier molecular flexibility index (Phi) is 2.70. The van der Waals surface area contributed by atoms with Crippen molar-refractivity contribution < 1.29 is 14.3 Å². The highest BCUT2D eigenvalue weighted by atomic mass is 16.5. The maximum Gasteiger partial charge on any atom is 0.327 e. The minimum absolute atomic E-state index is 0.0527. The Morgan fingerprint density at radius 3 is 2.93 bits per heavy atom. The van der Waals surface area contributed by atoms with Gasteiger partial charge in [0.1, 0.15) is 6.54 Å². The lowest BCUT2D eigenvalue weighted by Gasteiger charge is -2.09. The van der Waals surface area contributed by atoms with E-state index in [1.165, 1.54) is 5.01 Å². The van der Waals surface area contributed by atoms with Crippen molar-refractivity contribution in [2.24, 2.45) is 11.0 Å². The van der Waals surface area contributed by atoms with Gasteiger partial charge in [-0.1, -0.05) is 0 Å². The lowest BCUT2D eigenvalue weighted by atomic mass is 10.2. The summed E-state index contributed by atoms with van der Waals surface area (Å²) in [7, 11) is 0. The van der Waals surface area contributed by atoms with Gasteiger partial charge in [-0.05, 0) is 25.7 Å². The Labute approximate surface area is 88.1 Å². The summed E-state index contributed by atoms with van der Waals surface area (Å²) in [5.41, 5.74) is 0.935. The second-order valence-corrected chi connectivity index (χ2v) is 3.80. The molecule has 0 aromatic carbocycles. The topological polar surface area (TPSA) is 59.0 Å². The smallest absolute Gasteiger partial charge is 0.327 e. The largest absolute Gasteiger partial charge is 0.465 e. The summed E-state index contributed by atoms with van der Waals surface area (Å²) < 4.78 is 4.76. The van der Waals surface area contributed by atoms with Gasteiger partial charge in [-0.15, -0.1) is 0 Å². The molecule has 0 unspecified atom stereocenters. The molecule has 1 aliphatic heterocycles. The molecule has 0 atom stereocenters. The standard InChI is InChI=1S/C10H14N2O3/c1-2-15-10(14)6-12-9(13)5-8(11-12)7-3-4-7/h7H,2-6H2,1H3. The molecule has 0 spiro atoms. The van der Waals surface area contributed by atoms with E-state index in [1.807, 2.05) is 0 Å². The zero-order valence-corrected chi connectivity index (χ0v) is 8.73. The van der Waals surface area contributed by atoms with Crippen LogP contribution in [0.3, 0.4) is 0 Å². The molecule has 2 rings (SSSR count). The summed E-state index contributed by atoms with van der Waals surface area (Å²) in [6.07, 6.45) is 2.63. The number of esters is 1. The first kappa shape index (κ1) is 10.1. The Morgan fingerprint density at radius 2 is 2.33 bits per heavy atom. The molecule has 0 bridgehead atoms. The maximum absolute atomic E-state index is 11.5. The molecular formula is C10H14N2O3. The Morgan fingerprint density at radius 1 is 1.60 bits per heavy atom. The molecule has 5 nitrogen and oxygen atoms in total. The lowest BCUT2D eigenvalue weighted by Crippen LogP contribution is -2.28. The van der Waals surface area contributed by atoms with E-state index >= 15 is 0 Å². The normalized spacial score (nSPS) is 20.5. The van der Waals surface area contributed by atoms with Crippen LogP contribution in [0.1, 0.15) is 26.2 Å². The van der Waals surface area contributed by atoms with Gasteiger partial charge >= 0.3 is 5.97 Å². The minimum atomic E-state index is -0.397. The van der Waals surface area contributed by atoms with E-state index in [0.717, 1.165) is 18.6 Å². The number of nitrogens with zero attached hydrogens (tertiary/aromatic N) is 2. The molecule has 5 heteroatoms. The highest BCUT2D eigenvalue weighted by molar-refractivity contribution is 6.07. The molecule has 0 aromatic rings. The van der Waals surface area contributed by atoms with Crippen LogP contribution in [-0.4, -0.2) is 35.7 Å². The van der Waals surface area contributed by atoms with Crippen molar-refractivity contribution in [3.05, 3.63) is 0 Å². The highest BCUT2D eigenvalue weighted by Gasteiger charge is 2.35. The Bertz CT molecular complexity index is 321. The van der Waals surface area contributed by atoms with Crippen LogP contribution in [0.2, 0.25) is 0 Å². The van der Waals surface area contributed by atoms with Gasteiger partial charge in [-0.2, -0.15) is 5.10 Å². The van der Waals surface area contributed by atoms with Crippen LogP contribution in [-0.2, 0) is 14.3 Å². The van der Waals surface area contributed by atoms with Crippen LogP contribution >= 0.6 is 0 Å². The molecule has 0 saturated heterocycles. The van der Waals surface area contributed by atoms with E-state index in [1.54, 1.807) is 6.92 Å². The second kappa shape index (κ2) is 4.00. The molecular weight excluding hydrogens is 196 g/mol. The third kappa shape index (κ3) is 2.34. The van der Waals surface area contributed by atoms with Crippen molar-refractivity contribution in [1.82, 2.24) is 5.01 Å².